The lowest BCUT2D eigenvalue weighted by atomic mass is 9.97. The van der Waals surface area contributed by atoms with Gasteiger partial charge in [0.15, 0.2) is 0 Å². The molecular formula is C34H35N7O3. The molecule has 224 valence electrons. The molecule has 10 heteroatoms. The van der Waals surface area contributed by atoms with Crippen molar-refractivity contribution >= 4 is 33.4 Å². The Morgan fingerprint density at radius 2 is 1.86 bits per heavy atom. The number of ether oxygens (including phenoxy) is 1. The number of imidazole rings is 1. The summed E-state index contributed by atoms with van der Waals surface area (Å²) in [5.41, 5.74) is 3.23. The number of anilines is 1. The van der Waals surface area contributed by atoms with Crippen molar-refractivity contribution in [3.8, 4) is 22.9 Å². The first kappa shape index (κ1) is 26.9. The Morgan fingerprint density at radius 3 is 2.64 bits per heavy atom. The molecule has 3 aliphatic heterocycles. The average molecular weight is 590 g/mol. The summed E-state index contributed by atoms with van der Waals surface area (Å²) in [6, 6.07) is 19.0. The Labute approximate surface area is 255 Å². The number of aromatic nitrogens is 4. The number of phenols is 1. The molecule has 5 aromatic rings. The van der Waals surface area contributed by atoms with Gasteiger partial charge in [0.1, 0.15) is 23.9 Å². The standard InChI is InChI=1S/C34H35N7O3/c1-39-12-4-6-25(39)19-44-34-37-30-14-22(29-15-26(42)13-21-5-2-3-7-27(21)29)8-11-28(30)32(38-34)41-23-9-10-24(41)18-40(17-23)33(43)31-16-35-20-36-31/h2-3,5,7-8,11,13-16,20,23-25,42H,4,6,9-10,12,17-19H2,1H3,(H,35,36)/t23-,24+,25-/m0/s1. The maximum absolute atomic E-state index is 13.2. The molecule has 44 heavy (non-hydrogen) atoms. The van der Waals surface area contributed by atoms with Gasteiger partial charge in [-0.25, -0.2) is 4.98 Å². The van der Waals surface area contributed by atoms with E-state index in [-0.39, 0.29) is 23.7 Å². The molecule has 2 N–H and O–H groups in total. The van der Waals surface area contributed by atoms with Crippen LogP contribution < -0.4 is 9.64 Å². The molecule has 3 aromatic carbocycles. The van der Waals surface area contributed by atoms with Crippen molar-refractivity contribution in [3.05, 3.63) is 72.8 Å². The van der Waals surface area contributed by atoms with Crippen molar-refractivity contribution < 1.29 is 14.6 Å². The number of hydrogen-bond donors (Lipinski definition) is 2. The highest BCUT2D eigenvalue weighted by molar-refractivity contribution is 6.01. The zero-order chi connectivity index (χ0) is 29.8. The summed E-state index contributed by atoms with van der Waals surface area (Å²) in [6.07, 6.45) is 7.37. The molecule has 0 aliphatic carbocycles. The monoisotopic (exact) mass is 589 g/mol. The molecule has 0 unspecified atom stereocenters. The number of phenolic OH excluding ortho intramolecular Hbond substituents is 1. The molecule has 0 radical (unpaired) electrons. The number of nitrogens with zero attached hydrogens (tertiary/aromatic N) is 6. The minimum Gasteiger partial charge on any atom is -0.508 e. The molecule has 2 bridgehead atoms. The molecule has 3 saturated heterocycles. The number of hydrogen-bond acceptors (Lipinski definition) is 8. The summed E-state index contributed by atoms with van der Waals surface area (Å²) in [5.74, 6) is 1.07. The third kappa shape index (κ3) is 4.70. The smallest absolute Gasteiger partial charge is 0.319 e. The van der Waals surface area contributed by atoms with Gasteiger partial charge < -0.3 is 29.5 Å². The molecule has 10 nitrogen and oxygen atoms in total. The van der Waals surface area contributed by atoms with Gasteiger partial charge in [0.25, 0.3) is 5.91 Å². The molecular weight excluding hydrogens is 554 g/mol. The van der Waals surface area contributed by atoms with Crippen LogP contribution in [0.1, 0.15) is 36.2 Å². The Morgan fingerprint density at radius 1 is 1.02 bits per heavy atom. The van der Waals surface area contributed by atoms with Gasteiger partial charge in [-0.2, -0.15) is 9.97 Å². The Kier molecular flexibility index (Phi) is 6.59. The lowest BCUT2D eigenvalue weighted by Crippen LogP contribution is -2.55. The number of amides is 1. The van der Waals surface area contributed by atoms with Gasteiger partial charge in [0, 0.05) is 36.6 Å². The number of nitrogens with one attached hydrogen (secondary N) is 1. The highest BCUT2D eigenvalue weighted by Crippen LogP contribution is 2.40. The van der Waals surface area contributed by atoms with E-state index in [1.165, 1.54) is 6.42 Å². The van der Waals surface area contributed by atoms with E-state index in [0.29, 0.717) is 37.4 Å². The number of likely N-dealkylation sites (N-methyl/N-ethyl adjacent to an activating group) is 1. The van der Waals surface area contributed by atoms with Crippen LogP contribution in [0.4, 0.5) is 5.82 Å². The Balaban J connectivity index is 1.19. The number of fused-ring (bicyclic) bond motifs is 4. The van der Waals surface area contributed by atoms with Gasteiger partial charge in [-0.05, 0) is 85.4 Å². The van der Waals surface area contributed by atoms with E-state index in [2.05, 4.69) is 51.1 Å². The number of aromatic amines is 1. The van der Waals surface area contributed by atoms with Crippen molar-refractivity contribution in [1.82, 2.24) is 29.7 Å². The van der Waals surface area contributed by atoms with Crippen LogP contribution in [0.25, 0.3) is 32.8 Å². The predicted octanol–water partition coefficient (Wildman–Crippen LogP) is 4.85. The third-order valence-electron chi connectivity index (χ3n) is 9.63. The molecule has 2 aromatic heterocycles. The number of H-pyrrole nitrogens is 1. The molecule has 1 amide bonds. The van der Waals surface area contributed by atoms with E-state index < -0.39 is 0 Å². The predicted molar refractivity (Wildman–Crippen MR) is 169 cm³/mol. The van der Waals surface area contributed by atoms with Crippen molar-refractivity contribution in [2.24, 2.45) is 0 Å². The highest BCUT2D eigenvalue weighted by Gasteiger charge is 2.43. The number of carbonyl (C=O) groups is 1. The third-order valence-corrected chi connectivity index (χ3v) is 9.63. The first-order chi connectivity index (χ1) is 21.5. The van der Waals surface area contributed by atoms with Crippen LogP contribution in [-0.4, -0.2) is 92.2 Å². The fourth-order valence-electron chi connectivity index (χ4n) is 7.37. The minimum absolute atomic E-state index is 0.0146. The number of aromatic hydroxyl groups is 1. The van der Waals surface area contributed by atoms with Crippen LogP contribution in [0.2, 0.25) is 0 Å². The van der Waals surface area contributed by atoms with E-state index in [9.17, 15) is 9.90 Å². The molecule has 3 aliphatic rings. The topological polar surface area (TPSA) is 111 Å². The van der Waals surface area contributed by atoms with E-state index >= 15 is 0 Å². The number of likely N-dealkylation sites (tertiary alicyclic amines) is 2. The van der Waals surface area contributed by atoms with Crippen LogP contribution >= 0.6 is 0 Å². The maximum atomic E-state index is 13.2. The summed E-state index contributed by atoms with van der Waals surface area (Å²) in [5, 5.41) is 13.5. The quantitative estimate of drug-likeness (QED) is 0.289. The second-order valence-corrected chi connectivity index (χ2v) is 12.3. The van der Waals surface area contributed by atoms with Crippen LogP contribution in [0.3, 0.4) is 0 Å². The second kappa shape index (κ2) is 10.8. The second-order valence-electron chi connectivity index (χ2n) is 12.3. The number of piperazine rings is 1. The van der Waals surface area contributed by atoms with E-state index in [4.69, 9.17) is 14.7 Å². The fourth-order valence-corrected chi connectivity index (χ4v) is 7.37. The van der Waals surface area contributed by atoms with Crippen molar-refractivity contribution in [3.63, 3.8) is 0 Å². The summed E-state index contributed by atoms with van der Waals surface area (Å²) in [6.45, 7) is 2.86. The minimum atomic E-state index is -0.0146. The van der Waals surface area contributed by atoms with Gasteiger partial charge in [-0.3, -0.25) is 4.79 Å². The van der Waals surface area contributed by atoms with Crippen molar-refractivity contribution in [1.29, 1.82) is 0 Å². The van der Waals surface area contributed by atoms with Gasteiger partial charge in [0.2, 0.25) is 0 Å². The van der Waals surface area contributed by atoms with Gasteiger partial charge in [-0.1, -0.05) is 30.3 Å². The first-order valence-electron chi connectivity index (χ1n) is 15.4. The summed E-state index contributed by atoms with van der Waals surface area (Å²) in [7, 11) is 2.14. The summed E-state index contributed by atoms with van der Waals surface area (Å²) < 4.78 is 6.33. The lowest BCUT2D eigenvalue weighted by Gasteiger charge is -2.42. The number of benzene rings is 3. The number of rotatable bonds is 6. The molecule has 8 rings (SSSR count). The van der Waals surface area contributed by atoms with Crippen LogP contribution in [0.5, 0.6) is 11.8 Å². The average Bonchev–Trinajstić information content (AvgIpc) is 3.78. The normalized spacial score (nSPS) is 21.9. The maximum Gasteiger partial charge on any atom is 0.319 e. The lowest BCUT2D eigenvalue weighted by molar-refractivity contribution is 0.0712. The SMILES string of the molecule is CN1CCC[C@H]1COc1nc(N2[C@@H]3CC[C@H]2CN(C(=O)c2cnc[nH]2)C3)c2ccc(-c3cc(O)cc4ccccc34)cc2n1. The zero-order valence-electron chi connectivity index (χ0n) is 24.7. The molecule has 3 fully saturated rings. The van der Waals surface area contributed by atoms with Crippen molar-refractivity contribution in [2.75, 3.05) is 38.2 Å². The van der Waals surface area contributed by atoms with Gasteiger partial charge in [-0.15, -0.1) is 0 Å². The van der Waals surface area contributed by atoms with E-state index in [1.54, 1.807) is 18.6 Å². The highest BCUT2D eigenvalue weighted by atomic mass is 16.5. The van der Waals surface area contributed by atoms with E-state index in [0.717, 1.165) is 64.4 Å². The zero-order valence-corrected chi connectivity index (χ0v) is 24.7. The summed E-state index contributed by atoms with van der Waals surface area (Å²) >= 11 is 0. The fraction of sp³-hybridized carbons (Fsp3) is 0.353. The van der Waals surface area contributed by atoms with Crippen LogP contribution in [0.15, 0.2) is 67.1 Å². The van der Waals surface area contributed by atoms with Gasteiger partial charge >= 0.3 is 6.01 Å². The molecule has 3 atom stereocenters. The van der Waals surface area contributed by atoms with Crippen LogP contribution in [-0.2, 0) is 0 Å². The van der Waals surface area contributed by atoms with E-state index in [1.807, 2.05) is 29.2 Å². The number of carbonyl (C=O) groups excluding carboxylic acids is 1. The molecule has 0 saturated carbocycles. The Hall–Kier alpha value is -4.70. The Bertz CT molecular complexity index is 1850. The largest absolute Gasteiger partial charge is 0.508 e. The van der Waals surface area contributed by atoms with Gasteiger partial charge in [0.05, 0.1) is 18.0 Å². The summed E-state index contributed by atoms with van der Waals surface area (Å²) in [4.78, 5) is 36.8. The van der Waals surface area contributed by atoms with Crippen LogP contribution in [0, 0.1) is 0 Å². The van der Waals surface area contributed by atoms with Crippen molar-refractivity contribution in [2.45, 2.75) is 43.8 Å². The molecule has 5 heterocycles. The first-order valence-corrected chi connectivity index (χ1v) is 15.4. The molecule has 0 spiro atoms.